The van der Waals surface area contributed by atoms with Crippen molar-refractivity contribution in [2.24, 2.45) is 0 Å². The minimum Gasteiger partial charge on any atom is -0.494 e. The highest BCUT2D eigenvalue weighted by molar-refractivity contribution is 5.33. The van der Waals surface area contributed by atoms with Crippen LogP contribution in [0.3, 0.4) is 0 Å². The SMILES string of the molecule is CCCOc1ccc(C(C)(C)COCC(C)(C)c2ccc(OCCC)cc2)cc1. The Balaban J connectivity index is 1.90. The van der Waals surface area contributed by atoms with Gasteiger partial charge < -0.3 is 14.2 Å². The zero-order valence-corrected chi connectivity index (χ0v) is 19.1. The van der Waals surface area contributed by atoms with Crippen LogP contribution in [0.25, 0.3) is 0 Å². The van der Waals surface area contributed by atoms with Crippen LogP contribution >= 0.6 is 0 Å². The summed E-state index contributed by atoms with van der Waals surface area (Å²) in [6.07, 6.45) is 2.04. The summed E-state index contributed by atoms with van der Waals surface area (Å²) in [5.41, 5.74) is 2.40. The van der Waals surface area contributed by atoms with E-state index in [1.165, 1.54) is 11.1 Å². The summed E-state index contributed by atoms with van der Waals surface area (Å²) in [4.78, 5) is 0. The van der Waals surface area contributed by atoms with Crippen LogP contribution in [0.2, 0.25) is 0 Å². The number of benzene rings is 2. The van der Waals surface area contributed by atoms with Gasteiger partial charge in [0.05, 0.1) is 26.4 Å². The van der Waals surface area contributed by atoms with Gasteiger partial charge in [-0.05, 0) is 48.2 Å². The van der Waals surface area contributed by atoms with Gasteiger partial charge in [-0.2, -0.15) is 0 Å². The summed E-state index contributed by atoms with van der Waals surface area (Å²) in [7, 11) is 0. The van der Waals surface area contributed by atoms with Crippen molar-refractivity contribution in [3.05, 3.63) is 59.7 Å². The summed E-state index contributed by atoms with van der Waals surface area (Å²) in [6, 6.07) is 16.8. The van der Waals surface area contributed by atoms with Gasteiger partial charge in [0.25, 0.3) is 0 Å². The Labute approximate surface area is 177 Å². The molecular weight excluding hydrogens is 360 g/mol. The standard InChI is InChI=1S/C26H38O3/c1-7-17-28-23-13-9-21(10-14-23)25(3,4)19-27-20-26(5,6)22-11-15-24(16-12-22)29-18-8-2/h9-16H,7-8,17-20H2,1-6H3. The van der Waals surface area contributed by atoms with Crippen molar-refractivity contribution >= 4 is 0 Å². The molecule has 0 aromatic heterocycles. The van der Waals surface area contributed by atoms with Crippen LogP contribution in [-0.2, 0) is 15.6 Å². The molecular formula is C26H38O3. The maximum atomic E-state index is 6.20. The first-order chi connectivity index (χ1) is 13.8. The molecule has 0 aliphatic heterocycles. The van der Waals surface area contributed by atoms with Crippen LogP contribution in [0.4, 0.5) is 0 Å². The lowest BCUT2D eigenvalue weighted by Crippen LogP contribution is -2.30. The molecule has 3 heteroatoms. The lowest BCUT2D eigenvalue weighted by molar-refractivity contribution is 0.0633. The Morgan fingerprint density at radius 3 is 1.24 bits per heavy atom. The zero-order chi connectivity index (χ0) is 21.3. The molecule has 160 valence electrons. The third-order valence-electron chi connectivity index (χ3n) is 5.14. The molecule has 0 unspecified atom stereocenters. The minimum absolute atomic E-state index is 0.0583. The molecule has 0 atom stereocenters. The molecule has 0 heterocycles. The molecule has 0 aliphatic carbocycles. The van der Waals surface area contributed by atoms with Crippen molar-refractivity contribution in [1.29, 1.82) is 0 Å². The second-order valence-corrected chi connectivity index (χ2v) is 9.01. The average Bonchev–Trinajstić information content (AvgIpc) is 2.71. The molecule has 0 saturated heterocycles. The van der Waals surface area contributed by atoms with E-state index < -0.39 is 0 Å². The van der Waals surface area contributed by atoms with Gasteiger partial charge in [0, 0.05) is 10.8 Å². The number of ether oxygens (including phenoxy) is 3. The van der Waals surface area contributed by atoms with Gasteiger partial charge in [0.1, 0.15) is 11.5 Å². The molecule has 0 N–H and O–H groups in total. The third-order valence-corrected chi connectivity index (χ3v) is 5.14. The highest BCUT2D eigenvalue weighted by Gasteiger charge is 2.25. The van der Waals surface area contributed by atoms with Crippen molar-refractivity contribution in [3.63, 3.8) is 0 Å². The van der Waals surface area contributed by atoms with E-state index >= 15 is 0 Å². The van der Waals surface area contributed by atoms with Crippen molar-refractivity contribution in [2.75, 3.05) is 26.4 Å². The third kappa shape index (κ3) is 7.08. The summed E-state index contributed by atoms with van der Waals surface area (Å²) in [6.45, 7) is 16.0. The smallest absolute Gasteiger partial charge is 0.119 e. The molecule has 0 amide bonds. The van der Waals surface area contributed by atoms with Gasteiger partial charge in [-0.15, -0.1) is 0 Å². The van der Waals surface area contributed by atoms with Crippen molar-refractivity contribution in [1.82, 2.24) is 0 Å². The van der Waals surface area contributed by atoms with Crippen molar-refractivity contribution in [2.45, 2.75) is 65.2 Å². The van der Waals surface area contributed by atoms with E-state index in [4.69, 9.17) is 14.2 Å². The van der Waals surface area contributed by atoms with Crippen molar-refractivity contribution in [3.8, 4) is 11.5 Å². The fraction of sp³-hybridized carbons (Fsp3) is 0.538. The van der Waals surface area contributed by atoms with Crippen LogP contribution in [0.15, 0.2) is 48.5 Å². The molecule has 2 aromatic rings. The van der Waals surface area contributed by atoms with Crippen LogP contribution in [0.1, 0.15) is 65.5 Å². The monoisotopic (exact) mass is 398 g/mol. The average molecular weight is 399 g/mol. The molecule has 2 rings (SSSR count). The molecule has 2 aromatic carbocycles. The first-order valence-corrected chi connectivity index (χ1v) is 10.8. The second kappa shape index (κ2) is 10.7. The Hall–Kier alpha value is -2.00. The molecule has 29 heavy (non-hydrogen) atoms. The first-order valence-electron chi connectivity index (χ1n) is 10.8. The molecule has 3 nitrogen and oxygen atoms in total. The molecule has 0 radical (unpaired) electrons. The van der Waals surface area contributed by atoms with Gasteiger partial charge in [0.15, 0.2) is 0 Å². The van der Waals surface area contributed by atoms with E-state index in [9.17, 15) is 0 Å². The fourth-order valence-corrected chi connectivity index (χ4v) is 3.17. The lowest BCUT2D eigenvalue weighted by atomic mass is 9.84. The van der Waals surface area contributed by atoms with Gasteiger partial charge >= 0.3 is 0 Å². The Morgan fingerprint density at radius 1 is 0.586 bits per heavy atom. The Morgan fingerprint density at radius 2 is 0.931 bits per heavy atom. The van der Waals surface area contributed by atoms with E-state index in [0.29, 0.717) is 13.2 Å². The lowest BCUT2D eigenvalue weighted by Gasteiger charge is -2.30. The van der Waals surface area contributed by atoms with Gasteiger partial charge in [-0.25, -0.2) is 0 Å². The predicted molar refractivity (Wildman–Crippen MR) is 121 cm³/mol. The highest BCUT2D eigenvalue weighted by atomic mass is 16.5. The quantitative estimate of drug-likeness (QED) is 0.406. The highest BCUT2D eigenvalue weighted by Crippen LogP contribution is 2.29. The summed E-state index contributed by atoms with van der Waals surface area (Å²) < 4.78 is 17.6. The Bertz CT molecular complexity index is 651. The van der Waals surface area contributed by atoms with Gasteiger partial charge in [0.2, 0.25) is 0 Å². The molecule has 0 aliphatic rings. The zero-order valence-electron chi connectivity index (χ0n) is 19.1. The fourth-order valence-electron chi connectivity index (χ4n) is 3.17. The summed E-state index contributed by atoms with van der Waals surface area (Å²) in [5.74, 6) is 1.86. The van der Waals surface area contributed by atoms with Crippen LogP contribution in [0.5, 0.6) is 11.5 Å². The first kappa shape index (κ1) is 23.3. The molecule has 0 spiro atoms. The van der Waals surface area contributed by atoms with Gasteiger partial charge in [-0.3, -0.25) is 0 Å². The second-order valence-electron chi connectivity index (χ2n) is 9.01. The number of hydrogen-bond acceptors (Lipinski definition) is 3. The van der Waals surface area contributed by atoms with E-state index in [0.717, 1.165) is 37.6 Å². The summed E-state index contributed by atoms with van der Waals surface area (Å²) in [5, 5.41) is 0. The molecule has 0 saturated carbocycles. The molecule has 0 bridgehead atoms. The van der Waals surface area contributed by atoms with E-state index in [1.807, 2.05) is 0 Å². The van der Waals surface area contributed by atoms with Crippen LogP contribution in [0, 0.1) is 0 Å². The van der Waals surface area contributed by atoms with E-state index in [2.05, 4.69) is 90.1 Å². The topological polar surface area (TPSA) is 27.7 Å². The van der Waals surface area contributed by atoms with E-state index in [1.54, 1.807) is 0 Å². The Kier molecular flexibility index (Phi) is 8.58. The largest absolute Gasteiger partial charge is 0.494 e. The maximum Gasteiger partial charge on any atom is 0.119 e. The number of rotatable bonds is 12. The number of hydrogen-bond donors (Lipinski definition) is 0. The van der Waals surface area contributed by atoms with Crippen molar-refractivity contribution < 1.29 is 14.2 Å². The summed E-state index contributed by atoms with van der Waals surface area (Å²) >= 11 is 0. The van der Waals surface area contributed by atoms with Gasteiger partial charge in [-0.1, -0.05) is 65.8 Å². The normalized spacial score (nSPS) is 12.1. The predicted octanol–water partition coefficient (Wildman–Crippen LogP) is 6.54. The minimum atomic E-state index is -0.0583. The van der Waals surface area contributed by atoms with Crippen LogP contribution < -0.4 is 9.47 Å². The maximum absolute atomic E-state index is 6.20. The van der Waals surface area contributed by atoms with Crippen LogP contribution in [-0.4, -0.2) is 26.4 Å². The van der Waals surface area contributed by atoms with E-state index in [-0.39, 0.29) is 10.8 Å². The molecule has 0 fully saturated rings.